The van der Waals surface area contributed by atoms with Crippen molar-refractivity contribution in [3.63, 3.8) is 0 Å². The Labute approximate surface area is 175 Å². The first-order valence-corrected chi connectivity index (χ1v) is 11.4. The van der Waals surface area contributed by atoms with Gasteiger partial charge in [-0.2, -0.15) is 5.10 Å². The van der Waals surface area contributed by atoms with E-state index in [0.29, 0.717) is 23.6 Å². The van der Waals surface area contributed by atoms with Crippen molar-refractivity contribution in [3.05, 3.63) is 83.4 Å². The molecule has 7 nitrogen and oxygen atoms in total. The first kappa shape index (κ1) is 21.5. The summed E-state index contributed by atoms with van der Waals surface area (Å²) in [7, 11) is -1.60. The summed E-state index contributed by atoms with van der Waals surface area (Å²) in [5, 5.41) is 10.8. The van der Waals surface area contributed by atoms with Crippen LogP contribution >= 0.6 is 0 Å². The number of rotatable bonds is 7. The van der Waals surface area contributed by atoms with Crippen LogP contribution in [0.1, 0.15) is 16.8 Å². The smallest absolute Gasteiger partial charge is 0.191 e. The molecular formula is C21H24FN5O2S. The highest BCUT2D eigenvalue weighted by Gasteiger charge is 2.11. The quantitative estimate of drug-likeness (QED) is 0.445. The molecule has 0 aliphatic heterocycles. The molecule has 3 aromatic rings. The van der Waals surface area contributed by atoms with E-state index in [9.17, 15) is 12.8 Å². The first-order valence-electron chi connectivity index (χ1n) is 9.33. The molecule has 0 amide bonds. The van der Waals surface area contributed by atoms with Crippen LogP contribution in [-0.4, -0.2) is 37.5 Å². The lowest BCUT2D eigenvalue weighted by Crippen LogP contribution is -2.36. The molecule has 3 rings (SSSR count). The van der Waals surface area contributed by atoms with Crippen molar-refractivity contribution in [2.75, 3.05) is 13.3 Å². The highest BCUT2D eigenvalue weighted by atomic mass is 32.2. The largest absolute Gasteiger partial charge is 0.352 e. The molecule has 2 aromatic carbocycles. The third-order valence-electron chi connectivity index (χ3n) is 4.36. The number of para-hydroxylation sites is 1. The fourth-order valence-electron chi connectivity index (χ4n) is 2.94. The molecule has 0 fully saturated rings. The molecular weight excluding hydrogens is 405 g/mol. The molecule has 1 aromatic heterocycles. The molecule has 30 heavy (non-hydrogen) atoms. The van der Waals surface area contributed by atoms with E-state index < -0.39 is 15.7 Å². The van der Waals surface area contributed by atoms with Crippen molar-refractivity contribution < 1.29 is 12.8 Å². The molecule has 1 heterocycles. The molecule has 0 unspecified atom stereocenters. The van der Waals surface area contributed by atoms with Crippen molar-refractivity contribution in [2.24, 2.45) is 4.99 Å². The van der Waals surface area contributed by atoms with Gasteiger partial charge in [-0.15, -0.1) is 0 Å². The fraction of sp³-hybridized carbons (Fsp3) is 0.238. The first-order chi connectivity index (χ1) is 14.3. The summed E-state index contributed by atoms with van der Waals surface area (Å²) in [4.78, 5) is 4.16. The van der Waals surface area contributed by atoms with Crippen LogP contribution in [0.2, 0.25) is 0 Å². The fourth-order valence-corrected chi connectivity index (χ4v) is 3.78. The van der Waals surface area contributed by atoms with Gasteiger partial charge in [0.05, 0.1) is 23.7 Å². The summed E-state index contributed by atoms with van der Waals surface area (Å²) in [5.74, 6) is -0.0648. The van der Waals surface area contributed by atoms with Gasteiger partial charge >= 0.3 is 0 Å². The Morgan fingerprint density at radius 3 is 2.50 bits per heavy atom. The topological polar surface area (TPSA) is 88.4 Å². The monoisotopic (exact) mass is 429 g/mol. The molecule has 158 valence electrons. The minimum absolute atomic E-state index is 0.146. The van der Waals surface area contributed by atoms with Crippen molar-refractivity contribution in [1.82, 2.24) is 20.4 Å². The molecule has 0 aliphatic carbocycles. The van der Waals surface area contributed by atoms with Crippen LogP contribution in [0.5, 0.6) is 0 Å². The molecule has 0 saturated carbocycles. The second-order valence-electron chi connectivity index (χ2n) is 6.85. The molecule has 9 heteroatoms. The number of nitrogens with one attached hydrogen (secondary N) is 2. The lowest BCUT2D eigenvalue weighted by atomic mass is 10.1. The second-order valence-corrected chi connectivity index (χ2v) is 8.99. The minimum Gasteiger partial charge on any atom is -0.352 e. The van der Waals surface area contributed by atoms with Gasteiger partial charge in [0.25, 0.3) is 0 Å². The van der Waals surface area contributed by atoms with Gasteiger partial charge in [0, 0.05) is 26.0 Å². The molecule has 0 radical (unpaired) electrons. The molecule has 0 aliphatic rings. The minimum atomic E-state index is -3.23. The Morgan fingerprint density at radius 1 is 1.07 bits per heavy atom. The van der Waals surface area contributed by atoms with E-state index in [0.717, 1.165) is 17.6 Å². The van der Waals surface area contributed by atoms with Crippen LogP contribution in [0.3, 0.4) is 0 Å². The van der Waals surface area contributed by atoms with Crippen LogP contribution in [0, 0.1) is 5.82 Å². The summed E-state index contributed by atoms with van der Waals surface area (Å²) in [6, 6.07) is 15.8. The van der Waals surface area contributed by atoms with E-state index in [1.807, 2.05) is 42.6 Å². The van der Waals surface area contributed by atoms with Crippen molar-refractivity contribution in [1.29, 1.82) is 0 Å². The average Bonchev–Trinajstić information content (AvgIpc) is 3.19. The van der Waals surface area contributed by atoms with Crippen LogP contribution in [-0.2, 0) is 28.7 Å². The van der Waals surface area contributed by atoms with E-state index in [-0.39, 0.29) is 12.3 Å². The zero-order chi connectivity index (χ0) is 21.6. The van der Waals surface area contributed by atoms with Crippen molar-refractivity contribution in [2.45, 2.75) is 18.8 Å². The van der Waals surface area contributed by atoms with Crippen molar-refractivity contribution >= 4 is 15.8 Å². The molecule has 2 N–H and O–H groups in total. The van der Waals surface area contributed by atoms with E-state index in [1.165, 1.54) is 18.2 Å². The molecule has 0 atom stereocenters. The highest BCUT2D eigenvalue weighted by molar-refractivity contribution is 7.89. The Balaban J connectivity index is 1.61. The molecule has 0 spiro atoms. The maximum atomic E-state index is 13.7. The van der Waals surface area contributed by atoms with E-state index in [4.69, 9.17) is 0 Å². The molecule has 0 saturated heterocycles. The summed E-state index contributed by atoms with van der Waals surface area (Å²) in [5.41, 5.74) is 2.92. The number of hydrogen-bond donors (Lipinski definition) is 2. The predicted octanol–water partition coefficient (Wildman–Crippen LogP) is 2.42. The summed E-state index contributed by atoms with van der Waals surface area (Å²) < 4.78 is 38.7. The van der Waals surface area contributed by atoms with Gasteiger partial charge in [-0.3, -0.25) is 4.99 Å². The van der Waals surface area contributed by atoms with E-state index in [2.05, 4.69) is 20.7 Å². The molecule has 0 bridgehead atoms. The van der Waals surface area contributed by atoms with Crippen LogP contribution in [0.25, 0.3) is 5.69 Å². The summed E-state index contributed by atoms with van der Waals surface area (Å²) in [6.07, 6.45) is 3.04. The van der Waals surface area contributed by atoms with Gasteiger partial charge in [0.1, 0.15) is 5.82 Å². The Bertz CT molecular complexity index is 1130. The van der Waals surface area contributed by atoms with Crippen LogP contribution in [0.4, 0.5) is 4.39 Å². The second kappa shape index (κ2) is 9.53. The zero-order valence-corrected chi connectivity index (χ0v) is 17.7. The lowest BCUT2D eigenvalue weighted by Gasteiger charge is -2.14. The van der Waals surface area contributed by atoms with Crippen molar-refractivity contribution in [3.8, 4) is 5.69 Å². The third kappa shape index (κ3) is 6.15. The summed E-state index contributed by atoms with van der Waals surface area (Å²) >= 11 is 0. The van der Waals surface area contributed by atoms with Gasteiger partial charge in [-0.25, -0.2) is 17.5 Å². The number of halogens is 1. The SMILES string of the molecule is CN=C(NCc1ccn(-c2ccccc2)n1)NCc1cc(F)ccc1CS(C)(=O)=O. The Morgan fingerprint density at radius 2 is 1.80 bits per heavy atom. The number of sulfone groups is 1. The number of guanidine groups is 1. The van der Waals surface area contributed by atoms with Gasteiger partial charge in [-0.05, 0) is 41.5 Å². The van der Waals surface area contributed by atoms with Gasteiger partial charge in [0.2, 0.25) is 0 Å². The maximum Gasteiger partial charge on any atom is 0.191 e. The highest BCUT2D eigenvalue weighted by Crippen LogP contribution is 2.14. The zero-order valence-electron chi connectivity index (χ0n) is 16.8. The van der Waals surface area contributed by atoms with E-state index >= 15 is 0 Å². The maximum absolute atomic E-state index is 13.7. The lowest BCUT2D eigenvalue weighted by molar-refractivity contribution is 0.599. The Kier molecular flexibility index (Phi) is 6.83. The predicted molar refractivity (Wildman–Crippen MR) is 116 cm³/mol. The van der Waals surface area contributed by atoms with Gasteiger partial charge in [-0.1, -0.05) is 24.3 Å². The van der Waals surface area contributed by atoms with Crippen LogP contribution < -0.4 is 10.6 Å². The Hall–Kier alpha value is -3.20. The number of aliphatic imine (C=N–C) groups is 1. The number of aromatic nitrogens is 2. The standard InChI is InChI=1S/C21H24FN5O2S/c1-23-21(24-13-17-12-18(22)9-8-16(17)15-30(2,28)29)25-14-19-10-11-27(26-19)20-6-4-3-5-7-20/h3-12H,13-15H2,1-2H3,(H2,23,24,25). The number of nitrogens with zero attached hydrogens (tertiary/aromatic N) is 3. The number of hydrogen-bond acceptors (Lipinski definition) is 4. The number of benzene rings is 2. The normalized spacial score (nSPS) is 12.0. The van der Waals surface area contributed by atoms with E-state index in [1.54, 1.807) is 11.7 Å². The average molecular weight is 430 g/mol. The summed E-state index contributed by atoms with van der Waals surface area (Å²) in [6.45, 7) is 0.680. The third-order valence-corrected chi connectivity index (χ3v) is 5.19. The van der Waals surface area contributed by atoms with Crippen LogP contribution in [0.15, 0.2) is 65.8 Å². The van der Waals surface area contributed by atoms with Gasteiger partial charge < -0.3 is 10.6 Å². The van der Waals surface area contributed by atoms with Gasteiger partial charge in [0.15, 0.2) is 15.8 Å².